The van der Waals surface area contributed by atoms with Gasteiger partial charge in [0.2, 0.25) is 17.6 Å². The molecule has 1 N–H and O–H groups in total. The molecule has 0 aliphatic carbocycles. The van der Waals surface area contributed by atoms with Crippen LogP contribution in [0, 0.1) is 11.7 Å². The van der Waals surface area contributed by atoms with Crippen LogP contribution in [0.3, 0.4) is 0 Å². The van der Waals surface area contributed by atoms with E-state index in [4.69, 9.17) is 9.26 Å². The number of aliphatic hydroxyl groups is 1. The number of benzene rings is 1. The standard InChI is InChI=1S/C18H18FN3O3/c1-11(2)15(23)9-17-21-18(22-25-17)12-3-8-16(20-10-12)24-14-6-4-13(19)5-7-14/h3-8,10-11,15,23H,9H2,1-2H3/t15-/m1/s1. The van der Waals surface area contributed by atoms with Gasteiger partial charge < -0.3 is 14.4 Å². The molecule has 0 bridgehead atoms. The van der Waals surface area contributed by atoms with E-state index in [0.717, 1.165) is 0 Å². The lowest BCUT2D eigenvalue weighted by Crippen LogP contribution is -2.17. The molecule has 0 unspecified atom stereocenters. The molecule has 3 aromatic rings. The lowest BCUT2D eigenvalue weighted by molar-refractivity contribution is 0.116. The first-order valence-corrected chi connectivity index (χ1v) is 7.92. The average molecular weight is 343 g/mol. The minimum Gasteiger partial charge on any atom is -0.439 e. The van der Waals surface area contributed by atoms with Crippen molar-refractivity contribution in [2.45, 2.75) is 26.4 Å². The second-order valence-corrected chi connectivity index (χ2v) is 5.97. The number of aromatic nitrogens is 3. The highest BCUT2D eigenvalue weighted by molar-refractivity contribution is 5.53. The molecule has 3 rings (SSSR count). The van der Waals surface area contributed by atoms with Gasteiger partial charge in [0.25, 0.3) is 0 Å². The number of aliphatic hydroxyl groups excluding tert-OH is 1. The first-order chi connectivity index (χ1) is 12.0. The van der Waals surface area contributed by atoms with E-state index in [9.17, 15) is 9.50 Å². The first-order valence-electron chi connectivity index (χ1n) is 7.92. The third kappa shape index (κ3) is 4.39. The van der Waals surface area contributed by atoms with Crippen molar-refractivity contribution in [3.8, 4) is 23.0 Å². The van der Waals surface area contributed by atoms with Gasteiger partial charge in [0.15, 0.2) is 0 Å². The molecule has 1 aromatic carbocycles. The minimum absolute atomic E-state index is 0.111. The van der Waals surface area contributed by atoms with Crippen molar-refractivity contribution in [2.24, 2.45) is 5.92 Å². The Labute approximate surface area is 144 Å². The summed E-state index contributed by atoms with van der Waals surface area (Å²) in [6.45, 7) is 3.84. The summed E-state index contributed by atoms with van der Waals surface area (Å²) >= 11 is 0. The summed E-state index contributed by atoms with van der Waals surface area (Å²) in [6, 6.07) is 9.09. The fourth-order valence-electron chi connectivity index (χ4n) is 2.07. The van der Waals surface area contributed by atoms with E-state index in [1.54, 1.807) is 18.3 Å². The van der Waals surface area contributed by atoms with Crippen LogP contribution in [0.25, 0.3) is 11.4 Å². The van der Waals surface area contributed by atoms with E-state index in [1.807, 2.05) is 13.8 Å². The van der Waals surface area contributed by atoms with Crippen molar-refractivity contribution in [3.63, 3.8) is 0 Å². The van der Waals surface area contributed by atoms with Gasteiger partial charge in [-0.2, -0.15) is 4.98 Å². The van der Waals surface area contributed by atoms with E-state index >= 15 is 0 Å². The Balaban J connectivity index is 1.68. The Hall–Kier alpha value is -2.80. The summed E-state index contributed by atoms with van der Waals surface area (Å²) in [5.74, 6) is 1.42. The molecule has 0 fully saturated rings. The Morgan fingerprint density at radius 2 is 1.92 bits per heavy atom. The van der Waals surface area contributed by atoms with Crippen LogP contribution in [-0.4, -0.2) is 26.3 Å². The molecule has 0 aliphatic rings. The van der Waals surface area contributed by atoms with Crippen molar-refractivity contribution < 1.29 is 18.8 Å². The van der Waals surface area contributed by atoms with Crippen LogP contribution < -0.4 is 4.74 Å². The van der Waals surface area contributed by atoms with Gasteiger partial charge in [-0.05, 0) is 36.2 Å². The van der Waals surface area contributed by atoms with Gasteiger partial charge in [0.05, 0.1) is 12.5 Å². The molecular formula is C18H18FN3O3. The molecule has 6 nitrogen and oxygen atoms in total. The number of halogens is 1. The van der Waals surface area contributed by atoms with E-state index in [2.05, 4.69) is 15.1 Å². The van der Waals surface area contributed by atoms with E-state index < -0.39 is 6.10 Å². The average Bonchev–Trinajstić information content (AvgIpc) is 3.06. The molecule has 2 heterocycles. The topological polar surface area (TPSA) is 81.3 Å². The van der Waals surface area contributed by atoms with Gasteiger partial charge in [0.1, 0.15) is 11.6 Å². The SMILES string of the molecule is CC(C)[C@H](O)Cc1nc(-c2ccc(Oc3ccc(F)cc3)nc2)no1. The van der Waals surface area contributed by atoms with Crippen molar-refractivity contribution in [3.05, 3.63) is 54.3 Å². The molecule has 2 aromatic heterocycles. The first kappa shape index (κ1) is 17.0. The summed E-state index contributed by atoms with van der Waals surface area (Å²) in [5, 5.41) is 13.8. The molecule has 0 saturated heterocycles. The smallest absolute Gasteiger partial charge is 0.229 e. The normalized spacial score (nSPS) is 12.4. The Bertz CT molecular complexity index is 816. The van der Waals surface area contributed by atoms with Crippen LogP contribution >= 0.6 is 0 Å². The Morgan fingerprint density at radius 3 is 2.56 bits per heavy atom. The summed E-state index contributed by atoms with van der Waals surface area (Å²) in [7, 11) is 0. The zero-order valence-corrected chi connectivity index (χ0v) is 13.9. The molecule has 1 atom stereocenters. The molecule has 0 aliphatic heterocycles. The number of hydrogen-bond donors (Lipinski definition) is 1. The van der Waals surface area contributed by atoms with Crippen molar-refractivity contribution >= 4 is 0 Å². The van der Waals surface area contributed by atoms with Crippen molar-refractivity contribution in [1.29, 1.82) is 0 Å². The maximum atomic E-state index is 12.9. The highest BCUT2D eigenvalue weighted by atomic mass is 19.1. The fourth-order valence-corrected chi connectivity index (χ4v) is 2.07. The number of nitrogens with zero attached hydrogens (tertiary/aromatic N) is 3. The highest BCUT2D eigenvalue weighted by Gasteiger charge is 2.16. The van der Waals surface area contributed by atoms with E-state index in [0.29, 0.717) is 35.3 Å². The van der Waals surface area contributed by atoms with E-state index in [1.165, 1.54) is 24.3 Å². The van der Waals surface area contributed by atoms with Crippen LogP contribution in [0.2, 0.25) is 0 Å². The van der Waals surface area contributed by atoms with Crippen molar-refractivity contribution in [2.75, 3.05) is 0 Å². The number of ether oxygens (including phenoxy) is 1. The predicted octanol–water partition coefficient (Wildman–Crippen LogP) is 3.62. The monoisotopic (exact) mass is 343 g/mol. The van der Waals surface area contributed by atoms with Crippen LogP contribution in [0.5, 0.6) is 11.6 Å². The van der Waals surface area contributed by atoms with Gasteiger partial charge in [0, 0.05) is 17.8 Å². The minimum atomic E-state index is -0.530. The highest BCUT2D eigenvalue weighted by Crippen LogP contribution is 2.22. The third-order valence-corrected chi connectivity index (χ3v) is 3.65. The van der Waals surface area contributed by atoms with Gasteiger partial charge in [-0.1, -0.05) is 19.0 Å². The molecule has 0 saturated carbocycles. The second-order valence-electron chi connectivity index (χ2n) is 5.97. The number of hydrogen-bond acceptors (Lipinski definition) is 6. The number of pyridine rings is 1. The van der Waals surface area contributed by atoms with Gasteiger partial charge in [-0.3, -0.25) is 0 Å². The zero-order chi connectivity index (χ0) is 17.8. The maximum absolute atomic E-state index is 12.9. The third-order valence-electron chi connectivity index (χ3n) is 3.65. The second kappa shape index (κ2) is 7.40. The molecule has 0 radical (unpaired) electrons. The lowest BCUT2D eigenvalue weighted by atomic mass is 10.0. The fraction of sp³-hybridized carbons (Fsp3) is 0.278. The quantitative estimate of drug-likeness (QED) is 0.736. The molecule has 7 heteroatoms. The lowest BCUT2D eigenvalue weighted by Gasteiger charge is -2.10. The summed E-state index contributed by atoms with van der Waals surface area (Å²) < 4.78 is 23.6. The van der Waals surface area contributed by atoms with E-state index in [-0.39, 0.29) is 11.7 Å². The molecule has 25 heavy (non-hydrogen) atoms. The van der Waals surface area contributed by atoms with Crippen LogP contribution in [0.4, 0.5) is 4.39 Å². The largest absolute Gasteiger partial charge is 0.439 e. The van der Waals surface area contributed by atoms with Gasteiger partial charge in [-0.15, -0.1) is 0 Å². The summed E-state index contributed by atoms with van der Waals surface area (Å²) in [4.78, 5) is 8.45. The van der Waals surface area contributed by atoms with Crippen LogP contribution in [0.15, 0.2) is 47.1 Å². The summed E-state index contributed by atoms with van der Waals surface area (Å²) in [5.41, 5.74) is 0.667. The van der Waals surface area contributed by atoms with Crippen LogP contribution in [0.1, 0.15) is 19.7 Å². The van der Waals surface area contributed by atoms with Gasteiger partial charge >= 0.3 is 0 Å². The molecular weight excluding hydrogens is 325 g/mol. The zero-order valence-electron chi connectivity index (χ0n) is 13.9. The predicted molar refractivity (Wildman–Crippen MR) is 88.6 cm³/mol. The Morgan fingerprint density at radius 1 is 1.16 bits per heavy atom. The van der Waals surface area contributed by atoms with Gasteiger partial charge in [-0.25, -0.2) is 9.37 Å². The Kier molecular flexibility index (Phi) is 5.04. The summed E-state index contributed by atoms with van der Waals surface area (Å²) in [6.07, 6.45) is 1.34. The number of rotatable bonds is 6. The molecule has 130 valence electrons. The maximum Gasteiger partial charge on any atom is 0.229 e. The molecule has 0 amide bonds. The molecule has 0 spiro atoms. The van der Waals surface area contributed by atoms with Crippen LogP contribution in [-0.2, 0) is 6.42 Å². The van der Waals surface area contributed by atoms with Crippen molar-refractivity contribution in [1.82, 2.24) is 15.1 Å².